The zero-order valence-electron chi connectivity index (χ0n) is 11.9. The molecule has 5 heteroatoms. The number of benzene rings is 1. The number of rotatable bonds is 4. The van der Waals surface area contributed by atoms with Gasteiger partial charge in [-0.05, 0) is 18.2 Å². The van der Waals surface area contributed by atoms with E-state index in [1.54, 1.807) is 20.4 Å². The minimum absolute atomic E-state index is 0.705. The average molecular weight is 281 g/mol. The molecule has 0 aliphatic heterocycles. The van der Waals surface area contributed by atoms with Gasteiger partial charge in [0.05, 0.1) is 31.6 Å². The Kier molecular flexibility index (Phi) is 3.55. The molecule has 5 nitrogen and oxygen atoms in total. The number of hydrogen-bond acceptors (Lipinski definition) is 4. The van der Waals surface area contributed by atoms with Crippen molar-refractivity contribution >= 4 is 17.4 Å². The molecule has 3 aromatic rings. The van der Waals surface area contributed by atoms with E-state index in [0.717, 1.165) is 16.9 Å². The van der Waals surface area contributed by atoms with Crippen molar-refractivity contribution in [1.82, 2.24) is 9.61 Å². The lowest BCUT2D eigenvalue weighted by Crippen LogP contribution is -1.88. The van der Waals surface area contributed by atoms with Crippen LogP contribution in [0.2, 0.25) is 0 Å². The highest BCUT2D eigenvalue weighted by atomic mass is 16.5. The molecule has 0 amide bonds. The molecule has 0 saturated carbocycles. The lowest BCUT2D eigenvalue weighted by molar-refractivity contribution is 0.394. The molecule has 0 unspecified atom stereocenters. The van der Waals surface area contributed by atoms with Gasteiger partial charge < -0.3 is 9.47 Å². The molecule has 21 heavy (non-hydrogen) atoms. The summed E-state index contributed by atoms with van der Waals surface area (Å²) in [4.78, 5) is 4.43. The first-order valence-corrected chi connectivity index (χ1v) is 6.50. The van der Waals surface area contributed by atoms with E-state index >= 15 is 0 Å². The minimum atomic E-state index is 0.705. The normalized spacial score (nSPS) is 11.1. The molecule has 2 heterocycles. The van der Waals surface area contributed by atoms with E-state index < -0.39 is 0 Å². The van der Waals surface area contributed by atoms with Crippen molar-refractivity contribution in [1.29, 1.82) is 0 Å². The SMILES string of the molecule is COc1cc(/N=C/c2cc3ccccn3n2)cc(OC)c1. The zero-order chi connectivity index (χ0) is 14.7. The van der Waals surface area contributed by atoms with Crippen LogP contribution in [0.5, 0.6) is 11.5 Å². The monoisotopic (exact) mass is 281 g/mol. The van der Waals surface area contributed by atoms with Crippen molar-refractivity contribution in [3.8, 4) is 11.5 Å². The van der Waals surface area contributed by atoms with Gasteiger partial charge in [0.1, 0.15) is 17.2 Å². The van der Waals surface area contributed by atoms with Crippen LogP contribution in [0, 0.1) is 0 Å². The summed E-state index contributed by atoms with van der Waals surface area (Å²) in [5.74, 6) is 1.41. The molecule has 0 atom stereocenters. The van der Waals surface area contributed by atoms with Crippen molar-refractivity contribution in [2.24, 2.45) is 4.99 Å². The van der Waals surface area contributed by atoms with Crippen LogP contribution in [0.15, 0.2) is 53.7 Å². The lowest BCUT2D eigenvalue weighted by Gasteiger charge is -2.05. The third kappa shape index (κ3) is 2.86. The van der Waals surface area contributed by atoms with Crippen molar-refractivity contribution < 1.29 is 9.47 Å². The second-order valence-corrected chi connectivity index (χ2v) is 4.47. The summed E-state index contributed by atoms with van der Waals surface area (Å²) < 4.78 is 12.3. The minimum Gasteiger partial charge on any atom is -0.497 e. The van der Waals surface area contributed by atoms with Gasteiger partial charge in [-0.25, -0.2) is 4.52 Å². The van der Waals surface area contributed by atoms with E-state index in [-0.39, 0.29) is 0 Å². The number of aliphatic imine (C=N–C) groups is 1. The molecule has 0 spiro atoms. The quantitative estimate of drug-likeness (QED) is 0.690. The molecule has 0 radical (unpaired) electrons. The predicted molar refractivity (Wildman–Crippen MR) is 82.0 cm³/mol. The maximum Gasteiger partial charge on any atom is 0.124 e. The van der Waals surface area contributed by atoms with Gasteiger partial charge in [-0.15, -0.1) is 0 Å². The van der Waals surface area contributed by atoms with Gasteiger partial charge in [0.2, 0.25) is 0 Å². The Morgan fingerprint density at radius 2 is 1.81 bits per heavy atom. The molecule has 2 aromatic heterocycles. The number of methoxy groups -OCH3 is 2. The topological polar surface area (TPSA) is 48.1 Å². The fourth-order valence-electron chi connectivity index (χ4n) is 2.03. The van der Waals surface area contributed by atoms with Gasteiger partial charge in [0.25, 0.3) is 0 Å². The van der Waals surface area contributed by atoms with Crippen LogP contribution in [0.25, 0.3) is 5.52 Å². The van der Waals surface area contributed by atoms with Gasteiger partial charge in [0, 0.05) is 24.4 Å². The third-order valence-electron chi connectivity index (χ3n) is 3.07. The Bertz CT molecular complexity index is 738. The molecule has 3 rings (SSSR count). The van der Waals surface area contributed by atoms with Crippen LogP contribution in [0.4, 0.5) is 5.69 Å². The highest BCUT2D eigenvalue weighted by molar-refractivity contribution is 5.81. The van der Waals surface area contributed by atoms with Crippen molar-refractivity contribution in [2.75, 3.05) is 14.2 Å². The number of aromatic nitrogens is 2. The maximum absolute atomic E-state index is 5.22. The highest BCUT2D eigenvalue weighted by Crippen LogP contribution is 2.27. The Labute approximate surface area is 122 Å². The second-order valence-electron chi connectivity index (χ2n) is 4.47. The van der Waals surface area contributed by atoms with Crippen molar-refractivity contribution in [3.63, 3.8) is 0 Å². The number of pyridine rings is 1. The molecule has 0 bridgehead atoms. The number of nitrogens with zero attached hydrogens (tertiary/aromatic N) is 3. The first kappa shape index (κ1) is 13.2. The molecule has 0 aliphatic rings. The van der Waals surface area contributed by atoms with Crippen LogP contribution in [0.1, 0.15) is 5.69 Å². The van der Waals surface area contributed by atoms with Gasteiger partial charge in [-0.2, -0.15) is 5.10 Å². The molecular weight excluding hydrogens is 266 g/mol. The Hall–Kier alpha value is -2.82. The molecule has 0 saturated heterocycles. The number of hydrogen-bond donors (Lipinski definition) is 0. The molecule has 0 N–H and O–H groups in total. The fourth-order valence-corrected chi connectivity index (χ4v) is 2.03. The summed E-state index contributed by atoms with van der Waals surface area (Å²) in [6.45, 7) is 0. The standard InChI is InChI=1S/C16H15N3O2/c1-20-15-8-12(9-16(10-15)21-2)17-11-13-7-14-5-3-4-6-19(14)18-13/h3-11H,1-2H3/b17-11+. The Morgan fingerprint density at radius 3 is 2.48 bits per heavy atom. The number of fused-ring (bicyclic) bond motifs is 1. The Morgan fingerprint density at radius 1 is 1.05 bits per heavy atom. The first-order valence-electron chi connectivity index (χ1n) is 6.50. The van der Waals surface area contributed by atoms with E-state index in [1.807, 2.05) is 53.2 Å². The molecule has 106 valence electrons. The van der Waals surface area contributed by atoms with Crippen LogP contribution in [0.3, 0.4) is 0 Å². The smallest absolute Gasteiger partial charge is 0.124 e. The maximum atomic E-state index is 5.22. The predicted octanol–water partition coefficient (Wildman–Crippen LogP) is 3.10. The average Bonchev–Trinajstić information content (AvgIpc) is 2.95. The fraction of sp³-hybridized carbons (Fsp3) is 0.125. The summed E-state index contributed by atoms with van der Waals surface area (Å²) in [6.07, 6.45) is 3.63. The molecule has 0 fully saturated rings. The third-order valence-corrected chi connectivity index (χ3v) is 3.07. The summed E-state index contributed by atoms with van der Waals surface area (Å²) in [6, 6.07) is 13.4. The zero-order valence-corrected chi connectivity index (χ0v) is 11.9. The lowest BCUT2D eigenvalue weighted by atomic mass is 10.3. The van der Waals surface area contributed by atoms with Crippen molar-refractivity contribution in [2.45, 2.75) is 0 Å². The summed E-state index contributed by atoms with van der Waals surface area (Å²) >= 11 is 0. The van der Waals surface area contributed by atoms with Crippen LogP contribution in [-0.2, 0) is 0 Å². The largest absolute Gasteiger partial charge is 0.497 e. The van der Waals surface area contributed by atoms with E-state index in [9.17, 15) is 0 Å². The van der Waals surface area contributed by atoms with E-state index in [1.165, 1.54) is 0 Å². The summed E-state index contributed by atoms with van der Waals surface area (Å²) in [7, 11) is 3.23. The van der Waals surface area contributed by atoms with Gasteiger partial charge in [-0.1, -0.05) is 6.07 Å². The first-order chi connectivity index (χ1) is 10.3. The number of ether oxygens (including phenoxy) is 2. The van der Waals surface area contributed by atoms with Crippen LogP contribution in [-0.4, -0.2) is 30.0 Å². The van der Waals surface area contributed by atoms with Gasteiger partial charge in [-0.3, -0.25) is 4.99 Å². The van der Waals surface area contributed by atoms with E-state index in [0.29, 0.717) is 11.5 Å². The molecule has 0 aliphatic carbocycles. The molecular formula is C16H15N3O2. The van der Waals surface area contributed by atoms with E-state index in [4.69, 9.17) is 9.47 Å². The van der Waals surface area contributed by atoms with Crippen molar-refractivity contribution in [3.05, 3.63) is 54.4 Å². The van der Waals surface area contributed by atoms with E-state index in [2.05, 4.69) is 10.1 Å². The van der Waals surface area contributed by atoms with Crippen LogP contribution < -0.4 is 9.47 Å². The summed E-state index contributed by atoms with van der Waals surface area (Å²) in [5.41, 5.74) is 2.58. The summed E-state index contributed by atoms with van der Waals surface area (Å²) in [5, 5.41) is 4.42. The second kappa shape index (κ2) is 5.66. The van der Waals surface area contributed by atoms with Crippen LogP contribution >= 0.6 is 0 Å². The van der Waals surface area contributed by atoms with Gasteiger partial charge in [0.15, 0.2) is 0 Å². The Balaban J connectivity index is 1.91. The van der Waals surface area contributed by atoms with Gasteiger partial charge >= 0.3 is 0 Å². The molecule has 1 aromatic carbocycles. The highest BCUT2D eigenvalue weighted by Gasteiger charge is 2.01.